The van der Waals surface area contributed by atoms with Crippen LogP contribution in [0.1, 0.15) is 36.2 Å². The van der Waals surface area contributed by atoms with Crippen LogP contribution in [0.15, 0.2) is 22.8 Å². The first-order valence-corrected chi connectivity index (χ1v) is 7.08. The molecule has 0 aromatic carbocycles. The van der Waals surface area contributed by atoms with Crippen LogP contribution in [0.25, 0.3) is 0 Å². The Hall–Kier alpha value is -1.50. The normalized spacial score (nSPS) is 23.0. The van der Waals surface area contributed by atoms with Crippen molar-refractivity contribution in [2.45, 2.75) is 37.9 Å². The minimum Gasteiger partial charge on any atom is -0.459 e. The highest BCUT2D eigenvalue weighted by Gasteiger charge is 2.41. The second-order valence-corrected chi connectivity index (χ2v) is 5.29. The van der Waals surface area contributed by atoms with E-state index in [0.717, 1.165) is 6.42 Å². The predicted octanol–water partition coefficient (Wildman–Crippen LogP) is 2.72. The van der Waals surface area contributed by atoms with Gasteiger partial charge in [0.2, 0.25) is 0 Å². The third kappa shape index (κ3) is 4.77. The van der Waals surface area contributed by atoms with Crippen molar-refractivity contribution in [3.63, 3.8) is 0 Å². The van der Waals surface area contributed by atoms with Gasteiger partial charge in [-0.3, -0.25) is 4.79 Å². The number of hydrogen-bond donors (Lipinski definition) is 2. The van der Waals surface area contributed by atoms with Crippen molar-refractivity contribution < 1.29 is 22.4 Å². The van der Waals surface area contributed by atoms with Gasteiger partial charge in [0.25, 0.3) is 5.91 Å². The molecule has 1 fully saturated rings. The molecule has 4 nitrogen and oxygen atoms in total. The minimum absolute atomic E-state index is 0.121. The Morgan fingerprint density at radius 1 is 1.33 bits per heavy atom. The SMILES string of the molecule is O=C(NCCNC1CCCC(C(F)(F)F)C1)c1ccco1. The minimum atomic E-state index is -4.10. The van der Waals surface area contributed by atoms with Gasteiger partial charge in [-0.15, -0.1) is 0 Å². The van der Waals surface area contributed by atoms with Gasteiger partial charge in [0.1, 0.15) is 0 Å². The van der Waals surface area contributed by atoms with Crippen LogP contribution >= 0.6 is 0 Å². The van der Waals surface area contributed by atoms with E-state index in [1.807, 2.05) is 0 Å². The molecule has 1 aromatic rings. The molecule has 1 aliphatic rings. The zero-order valence-corrected chi connectivity index (χ0v) is 11.6. The van der Waals surface area contributed by atoms with Gasteiger partial charge in [0.05, 0.1) is 12.2 Å². The Morgan fingerprint density at radius 3 is 2.81 bits per heavy atom. The van der Waals surface area contributed by atoms with Gasteiger partial charge < -0.3 is 15.1 Å². The lowest BCUT2D eigenvalue weighted by atomic mass is 9.85. The van der Waals surface area contributed by atoms with Crippen molar-refractivity contribution >= 4 is 5.91 Å². The highest BCUT2D eigenvalue weighted by Crippen LogP contribution is 2.37. The van der Waals surface area contributed by atoms with Gasteiger partial charge in [-0.25, -0.2) is 0 Å². The van der Waals surface area contributed by atoms with Crippen molar-refractivity contribution in [3.05, 3.63) is 24.2 Å². The van der Waals surface area contributed by atoms with Gasteiger partial charge in [-0.1, -0.05) is 6.42 Å². The van der Waals surface area contributed by atoms with Crippen LogP contribution in [0.4, 0.5) is 13.2 Å². The van der Waals surface area contributed by atoms with E-state index in [2.05, 4.69) is 10.6 Å². The molecule has 1 heterocycles. The van der Waals surface area contributed by atoms with E-state index in [-0.39, 0.29) is 30.6 Å². The van der Waals surface area contributed by atoms with Crippen LogP contribution in [-0.2, 0) is 0 Å². The fourth-order valence-electron chi connectivity index (χ4n) is 2.62. The highest BCUT2D eigenvalue weighted by molar-refractivity contribution is 5.91. The van der Waals surface area contributed by atoms with E-state index in [0.29, 0.717) is 19.5 Å². The summed E-state index contributed by atoms with van der Waals surface area (Å²) < 4.78 is 42.9. The molecule has 2 rings (SSSR count). The Bertz CT molecular complexity index is 446. The van der Waals surface area contributed by atoms with Gasteiger partial charge in [0.15, 0.2) is 5.76 Å². The van der Waals surface area contributed by atoms with E-state index in [9.17, 15) is 18.0 Å². The molecule has 1 aliphatic carbocycles. The van der Waals surface area contributed by atoms with Crippen LogP contribution in [-0.4, -0.2) is 31.2 Å². The smallest absolute Gasteiger partial charge is 0.391 e. The molecule has 0 bridgehead atoms. The molecule has 2 N–H and O–H groups in total. The monoisotopic (exact) mass is 304 g/mol. The Labute approximate surface area is 121 Å². The van der Waals surface area contributed by atoms with Crippen LogP contribution in [0.5, 0.6) is 0 Å². The Balaban J connectivity index is 1.65. The summed E-state index contributed by atoms with van der Waals surface area (Å²) in [5.41, 5.74) is 0. The summed E-state index contributed by atoms with van der Waals surface area (Å²) in [5, 5.41) is 5.73. The van der Waals surface area contributed by atoms with Gasteiger partial charge in [-0.2, -0.15) is 13.2 Å². The summed E-state index contributed by atoms with van der Waals surface area (Å²) in [6.07, 6.45) is -1.02. The number of nitrogens with one attached hydrogen (secondary N) is 2. The van der Waals surface area contributed by atoms with E-state index in [4.69, 9.17) is 4.42 Å². The number of carbonyl (C=O) groups excluding carboxylic acids is 1. The lowest BCUT2D eigenvalue weighted by molar-refractivity contribution is -0.183. The van der Waals surface area contributed by atoms with Crippen molar-refractivity contribution in [1.82, 2.24) is 10.6 Å². The summed E-state index contributed by atoms with van der Waals surface area (Å²) in [6.45, 7) is 0.800. The fraction of sp³-hybridized carbons (Fsp3) is 0.643. The molecule has 118 valence electrons. The molecule has 1 aromatic heterocycles. The first-order valence-electron chi connectivity index (χ1n) is 7.08. The summed E-state index contributed by atoms with van der Waals surface area (Å²) in [5.74, 6) is -1.30. The largest absolute Gasteiger partial charge is 0.459 e. The first-order chi connectivity index (χ1) is 9.97. The average Bonchev–Trinajstić information content (AvgIpc) is 2.97. The number of hydrogen-bond acceptors (Lipinski definition) is 3. The molecule has 0 saturated heterocycles. The lowest BCUT2D eigenvalue weighted by Gasteiger charge is -2.31. The van der Waals surface area contributed by atoms with E-state index in [1.165, 1.54) is 6.26 Å². The van der Waals surface area contributed by atoms with Gasteiger partial charge in [-0.05, 0) is 31.4 Å². The summed E-state index contributed by atoms with van der Waals surface area (Å²) in [6, 6.07) is 3.04. The molecule has 0 aliphatic heterocycles. The first kappa shape index (κ1) is 15.9. The maximum absolute atomic E-state index is 12.7. The molecule has 2 unspecified atom stereocenters. The Morgan fingerprint density at radius 2 is 2.14 bits per heavy atom. The topological polar surface area (TPSA) is 54.3 Å². The Kier molecular flexibility index (Phi) is 5.27. The molecular weight excluding hydrogens is 285 g/mol. The van der Waals surface area contributed by atoms with E-state index in [1.54, 1.807) is 12.1 Å². The van der Waals surface area contributed by atoms with E-state index >= 15 is 0 Å². The van der Waals surface area contributed by atoms with Crippen LogP contribution in [0, 0.1) is 5.92 Å². The summed E-state index contributed by atoms with van der Waals surface area (Å²) in [7, 11) is 0. The second-order valence-electron chi connectivity index (χ2n) is 5.29. The number of halogens is 3. The molecular formula is C14H19F3N2O2. The van der Waals surface area contributed by atoms with Gasteiger partial charge >= 0.3 is 6.18 Å². The molecule has 0 spiro atoms. The number of alkyl halides is 3. The number of rotatable bonds is 5. The zero-order chi connectivity index (χ0) is 15.3. The number of furan rings is 1. The molecule has 1 saturated carbocycles. The van der Waals surface area contributed by atoms with Crippen molar-refractivity contribution in [2.75, 3.05) is 13.1 Å². The third-order valence-corrected chi connectivity index (χ3v) is 3.73. The zero-order valence-electron chi connectivity index (χ0n) is 11.6. The maximum atomic E-state index is 12.7. The maximum Gasteiger partial charge on any atom is 0.391 e. The highest BCUT2D eigenvalue weighted by atomic mass is 19.4. The molecule has 21 heavy (non-hydrogen) atoms. The lowest BCUT2D eigenvalue weighted by Crippen LogP contribution is -2.41. The van der Waals surface area contributed by atoms with Crippen LogP contribution in [0.3, 0.4) is 0 Å². The quantitative estimate of drug-likeness (QED) is 0.822. The van der Waals surface area contributed by atoms with Crippen LogP contribution in [0.2, 0.25) is 0 Å². The summed E-state index contributed by atoms with van der Waals surface area (Å²) >= 11 is 0. The standard InChI is InChI=1S/C14H19F3N2O2/c15-14(16,17)10-3-1-4-11(9-10)18-6-7-19-13(20)12-5-2-8-21-12/h2,5,8,10-11,18H,1,3-4,6-7,9H2,(H,19,20). The average molecular weight is 304 g/mol. The molecule has 0 radical (unpaired) electrons. The molecule has 7 heteroatoms. The third-order valence-electron chi connectivity index (χ3n) is 3.73. The van der Waals surface area contributed by atoms with Gasteiger partial charge in [0, 0.05) is 19.1 Å². The van der Waals surface area contributed by atoms with Crippen molar-refractivity contribution in [1.29, 1.82) is 0 Å². The number of carbonyl (C=O) groups is 1. The van der Waals surface area contributed by atoms with E-state index < -0.39 is 12.1 Å². The fourth-order valence-corrected chi connectivity index (χ4v) is 2.62. The molecule has 1 amide bonds. The summed E-state index contributed by atoms with van der Waals surface area (Å²) in [4.78, 5) is 11.6. The predicted molar refractivity (Wildman–Crippen MR) is 70.8 cm³/mol. The number of amides is 1. The second kappa shape index (κ2) is 6.98. The van der Waals surface area contributed by atoms with Crippen LogP contribution < -0.4 is 10.6 Å². The van der Waals surface area contributed by atoms with Crippen molar-refractivity contribution in [2.24, 2.45) is 5.92 Å². The van der Waals surface area contributed by atoms with Crippen molar-refractivity contribution in [3.8, 4) is 0 Å². The molecule has 2 atom stereocenters.